The second kappa shape index (κ2) is 4.53. The Morgan fingerprint density at radius 3 is 2.79 bits per heavy atom. The van der Waals surface area contributed by atoms with Crippen molar-refractivity contribution in [3.05, 3.63) is 23.4 Å². The number of rotatable bonds is 2. The predicted molar refractivity (Wildman–Crippen MR) is 70.4 cm³/mol. The molecule has 6 heteroatoms. The highest BCUT2D eigenvalue weighted by atomic mass is 16.4. The highest BCUT2D eigenvalue weighted by Gasteiger charge is 2.38. The molecule has 1 aromatic rings. The molecule has 102 valence electrons. The van der Waals surface area contributed by atoms with Crippen molar-refractivity contribution in [2.24, 2.45) is 0 Å². The number of nitrogens with one attached hydrogen (secondary N) is 1. The molecule has 0 aromatic carbocycles. The smallest absolute Gasteiger partial charge is 0.335 e. The number of nitrogens with zero attached hydrogens (tertiary/aromatic N) is 2. The fourth-order valence-electron chi connectivity index (χ4n) is 2.21. The lowest BCUT2D eigenvalue weighted by Gasteiger charge is -2.42. The molecule has 1 saturated heterocycles. The van der Waals surface area contributed by atoms with E-state index in [0.717, 1.165) is 0 Å². The highest BCUT2D eigenvalue weighted by molar-refractivity contribution is 5.91. The number of amides is 1. The number of carboxylic acid groups (broad SMARTS) is 1. The van der Waals surface area contributed by atoms with Crippen LogP contribution in [0.4, 0.5) is 5.82 Å². The third-order valence-electron chi connectivity index (χ3n) is 3.31. The van der Waals surface area contributed by atoms with E-state index in [1.165, 1.54) is 12.1 Å². The number of hydrogen-bond donors (Lipinski definition) is 2. The molecule has 6 nitrogen and oxygen atoms in total. The molecule has 0 radical (unpaired) electrons. The number of carbonyl (C=O) groups excluding carboxylic acids is 1. The topological polar surface area (TPSA) is 82.5 Å². The number of carboxylic acids is 1. The van der Waals surface area contributed by atoms with E-state index >= 15 is 0 Å². The van der Waals surface area contributed by atoms with Crippen LogP contribution in [-0.2, 0) is 4.79 Å². The fraction of sp³-hybridized carbons (Fsp3) is 0.462. The standard InChI is InChI=1S/C13H17N3O3/c1-8-6-9(11(17)18)7-10(15-8)16-5-4-14-12(19)13(16,2)3/h6-7H,4-5H2,1-3H3,(H,14,19)(H,17,18). The number of aryl methyl sites for hydroxylation is 1. The van der Waals surface area contributed by atoms with Gasteiger partial charge in [0.2, 0.25) is 5.91 Å². The summed E-state index contributed by atoms with van der Waals surface area (Å²) in [5, 5.41) is 11.9. The molecule has 0 atom stereocenters. The largest absolute Gasteiger partial charge is 0.478 e. The minimum absolute atomic E-state index is 0.0843. The van der Waals surface area contributed by atoms with Crippen molar-refractivity contribution in [1.82, 2.24) is 10.3 Å². The molecule has 19 heavy (non-hydrogen) atoms. The first-order valence-corrected chi connectivity index (χ1v) is 6.10. The van der Waals surface area contributed by atoms with Gasteiger partial charge in [-0.15, -0.1) is 0 Å². The summed E-state index contributed by atoms with van der Waals surface area (Å²) in [4.78, 5) is 29.2. The Kier molecular flexibility index (Phi) is 3.18. The minimum atomic E-state index is -0.994. The summed E-state index contributed by atoms with van der Waals surface area (Å²) in [5.74, 6) is -0.554. The third-order valence-corrected chi connectivity index (χ3v) is 3.31. The molecule has 1 aromatic heterocycles. The van der Waals surface area contributed by atoms with Crippen LogP contribution >= 0.6 is 0 Å². The molecule has 0 bridgehead atoms. The number of anilines is 1. The molecule has 0 aliphatic carbocycles. The molecular weight excluding hydrogens is 246 g/mol. The van der Waals surface area contributed by atoms with Crippen molar-refractivity contribution in [1.29, 1.82) is 0 Å². The lowest BCUT2D eigenvalue weighted by atomic mass is 9.98. The number of aromatic carboxylic acids is 1. The monoisotopic (exact) mass is 263 g/mol. The van der Waals surface area contributed by atoms with Gasteiger partial charge in [-0.2, -0.15) is 0 Å². The fourth-order valence-corrected chi connectivity index (χ4v) is 2.21. The summed E-state index contributed by atoms with van der Waals surface area (Å²) in [6.45, 7) is 6.47. The van der Waals surface area contributed by atoms with Crippen molar-refractivity contribution in [2.45, 2.75) is 26.3 Å². The van der Waals surface area contributed by atoms with Gasteiger partial charge < -0.3 is 15.3 Å². The predicted octanol–water partition coefficient (Wildman–Crippen LogP) is 0.803. The second-order valence-electron chi connectivity index (χ2n) is 5.13. The first-order chi connectivity index (χ1) is 8.82. The van der Waals surface area contributed by atoms with Crippen molar-refractivity contribution in [3.8, 4) is 0 Å². The van der Waals surface area contributed by atoms with E-state index in [2.05, 4.69) is 10.3 Å². The van der Waals surface area contributed by atoms with Crippen LogP contribution in [0.25, 0.3) is 0 Å². The lowest BCUT2D eigenvalue weighted by Crippen LogP contribution is -2.62. The SMILES string of the molecule is Cc1cc(C(=O)O)cc(N2CCNC(=O)C2(C)C)n1. The number of hydrogen-bond acceptors (Lipinski definition) is 4. The van der Waals surface area contributed by atoms with Gasteiger partial charge in [-0.05, 0) is 32.9 Å². The zero-order valence-corrected chi connectivity index (χ0v) is 11.2. The van der Waals surface area contributed by atoms with Crippen molar-refractivity contribution >= 4 is 17.7 Å². The Morgan fingerprint density at radius 1 is 1.47 bits per heavy atom. The Hall–Kier alpha value is -2.11. The molecule has 0 unspecified atom stereocenters. The van der Waals surface area contributed by atoms with Crippen LogP contribution in [-0.4, -0.2) is 40.6 Å². The number of pyridine rings is 1. The van der Waals surface area contributed by atoms with E-state index in [0.29, 0.717) is 24.6 Å². The zero-order chi connectivity index (χ0) is 14.2. The third kappa shape index (κ3) is 2.38. The van der Waals surface area contributed by atoms with Gasteiger partial charge in [0.15, 0.2) is 0 Å². The van der Waals surface area contributed by atoms with Gasteiger partial charge in [0.05, 0.1) is 5.56 Å². The Bertz CT molecular complexity index is 540. The maximum atomic E-state index is 11.9. The molecule has 1 amide bonds. The van der Waals surface area contributed by atoms with Crippen LogP contribution in [0.3, 0.4) is 0 Å². The molecule has 1 aliphatic rings. The number of carbonyl (C=O) groups is 2. The Morgan fingerprint density at radius 2 is 2.16 bits per heavy atom. The molecular formula is C13H17N3O3. The maximum Gasteiger partial charge on any atom is 0.335 e. The van der Waals surface area contributed by atoms with Crippen LogP contribution in [0.5, 0.6) is 0 Å². The first-order valence-electron chi connectivity index (χ1n) is 6.10. The lowest BCUT2D eigenvalue weighted by molar-refractivity contribution is -0.126. The summed E-state index contributed by atoms with van der Waals surface area (Å²) in [7, 11) is 0. The highest BCUT2D eigenvalue weighted by Crippen LogP contribution is 2.25. The van der Waals surface area contributed by atoms with E-state index in [1.807, 2.05) is 4.90 Å². The normalized spacial score (nSPS) is 18.1. The van der Waals surface area contributed by atoms with Gasteiger partial charge in [-0.25, -0.2) is 9.78 Å². The molecule has 2 heterocycles. The quantitative estimate of drug-likeness (QED) is 0.824. The second-order valence-corrected chi connectivity index (χ2v) is 5.13. The number of aromatic nitrogens is 1. The van der Waals surface area contributed by atoms with E-state index in [1.54, 1.807) is 20.8 Å². The number of piperazine rings is 1. The molecule has 0 saturated carbocycles. The van der Waals surface area contributed by atoms with E-state index in [9.17, 15) is 9.59 Å². The summed E-state index contributed by atoms with van der Waals surface area (Å²) < 4.78 is 0. The van der Waals surface area contributed by atoms with Gasteiger partial charge in [-0.1, -0.05) is 0 Å². The average molecular weight is 263 g/mol. The van der Waals surface area contributed by atoms with Crippen LogP contribution < -0.4 is 10.2 Å². The Balaban J connectivity index is 2.46. The summed E-state index contributed by atoms with van der Waals surface area (Å²) in [5.41, 5.74) is 0.0652. The first kappa shape index (κ1) is 13.3. The molecule has 1 fully saturated rings. The van der Waals surface area contributed by atoms with E-state index in [-0.39, 0.29) is 11.5 Å². The minimum Gasteiger partial charge on any atom is -0.478 e. The van der Waals surface area contributed by atoms with Gasteiger partial charge >= 0.3 is 5.97 Å². The van der Waals surface area contributed by atoms with Crippen molar-refractivity contribution < 1.29 is 14.7 Å². The zero-order valence-electron chi connectivity index (χ0n) is 11.2. The van der Waals surface area contributed by atoms with Crippen molar-refractivity contribution in [2.75, 3.05) is 18.0 Å². The van der Waals surface area contributed by atoms with Crippen molar-refractivity contribution in [3.63, 3.8) is 0 Å². The van der Waals surface area contributed by atoms with E-state index in [4.69, 9.17) is 5.11 Å². The van der Waals surface area contributed by atoms with Crippen LogP contribution in [0.1, 0.15) is 29.9 Å². The molecule has 1 aliphatic heterocycles. The van der Waals surface area contributed by atoms with Gasteiger partial charge in [0.1, 0.15) is 11.4 Å². The Labute approximate surface area is 111 Å². The summed E-state index contributed by atoms with van der Waals surface area (Å²) in [6, 6.07) is 3.03. The summed E-state index contributed by atoms with van der Waals surface area (Å²) >= 11 is 0. The van der Waals surface area contributed by atoms with Crippen LogP contribution in [0.15, 0.2) is 12.1 Å². The molecule has 2 N–H and O–H groups in total. The average Bonchev–Trinajstić information content (AvgIpc) is 2.31. The van der Waals surface area contributed by atoms with Crippen LogP contribution in [0.2, 0.25) is 0 Å². The van der Waals surface area contributed by atoms with E-state index < -0.39 is 11.5 Å². The maximum absolute atomic E-state index is 11.9. The molecule has 2 rings (SSSR count). The van der Waals surface area contributed by atoms with Crippen LogP contribution in [0, 0.1) is 6.92 Å². The van der Waals surface area contributed by atoms with Gasteiger partial charge in [0, 0.05) is 18.8 Å². The van der Waals surface area contributed by atoms with Gasteiger partial charge in [-0.3, -0.25) is 4.79 Å². The summed E-state index contributed by atoms with van der Waals surface area (Å²) in [6.07, 6.45) is 0. The van der Waals surface area contributed by atoms with Gasteiger partial charge in [0.25, 0.3) is 0 Å². The molecule has 0 spiro atoms.